The number of rotatable bonds is 11. The lowest BCUT2D eigenvalue weighted by molar-refractivity contribution is -0.155. The van der Waals surface area contributed by atoms with Gasteiger partial charge in [0.05, 0.1) is 25.0 Å². The van der Waals surface area contributed by atoms with Crippen molar-refractivity contribution < 1.29 is 19.1 Å². The van der Waals surface area contributed by atoms with Crippen LogP contribution >= 0.6 is 0 Å². The topological polar surface area (TPSA) is 52.6 Å². The fourth-order valence-electron chi connectivity index (χ4n) is 1.98. The molecule has 0 heterocycles. The lowest BCUT2D eigenvalue weighted by atomic mass is 10.1. The highest BCUT2D eigenvalue weighted by molar-refractivity contribution is 5.77. The molecular weight excluding hydrogens is 256 g/mol. The van der Waals surface area contributed by atoms with E-state index in [2.05, 4.69) is 6.92 Å². The highest BCUT2D eigenvalue weighted by atomic mass is 16.5. The second-order valence-corrected chi connectivity index (χ2v) is 5.39. The molecule has 0 fully saturated rings. The van der Waals surface area contributed by atoms with E-state index in [4.69, 9.17) is 9.47 Å². The van der Waals surface area contributed by atoms with Gasteiger partial charge in [0.2, 0.25) is 0 Å². The summed E-state index contributed by atoms with van der Waals surface area (Å²) in [5.41, 5.74) is 0. The van der Waals surface area contributed by atoms with E-state index in [1.165, 1.54) is 0 Å². The van der Waals surface area contributed by atoms with E-state index in [9.17, 15) is 9.59 Å². The predicted octanol–water partition coefficient (Wildman–Crippen LogP) is 4.01. The van der Waals surface area contributed by atoms with Crippen LogP contribution in [0.2, 0.25) is 0 Å². The van der Waals surface area contributed by atoms with Gasteiger partial charge < -0.3 is 9.47 Å². The summed E-state index contributed by atoms with van der Waals surface area (Å²) in [5.74, 6) is -0.629. The summed E-state index contributed by atoms with van der Waals surface area (Å²) in [6.45, 7) is 7.95. The minimum Gasteiger partial charge on any atom is -0.463 e. The van der Waals surface area contributed by atoms with Crippen molar-refractivity contribution in [2.24, 2.45) is 0 Å². The Morgan fingerprint density at radius 1 is 0.800 bits per heavy atom. The van der Waals surface area contributed by atoms with Gasteiger partial charge in [-0.05, 0) is 33.1 Å². The molecule has 0 aliphatic heterocycles. The molecule has 4 heteroatoms. The molecule has 2 atom stereocenters. The van der Waals surface area contributed by atoms with Crippen LogP contribution in [0, 0.1) is 0 Å². The van der Waals surface area contributed by atoms with Crippen LogP contribution in [0.5, 0.6) is 0 Å². The molecule has 0 spiro atoms. The molecule has 20 heavy (non-hydrogen) atoms. The van der Waals surface area contributed by atoms with Gasteiger partial charge in [0.1, 0.15) is 0 Å². The molecule has 0 N–H and O–H groups in total. The maximum atomic E-state index is 11.6. The Hall–Kier alpha value is -1.06. The number of hydrogen-bond donors (Lipinski definition) is 0. The van der Waals surface area contributed by atoms with Crippen LogP contribution in [-0.2, 0) is 19.1 Å². The number of esters is 2. The van der Waals surface area contributed by atoms with Crippen LogP contribution < -0.4 is 0 Å². The zero-order valence-electron chi connectivity index (χ0n) is 13.4. The molecule has 0 rings (SSSR count). The Kier molecular flexibility index (Phi) is 11.1. The van der Waals surface area contributed by atoms with Gasteiger partial charge in [-0.3, -0.25) is 9.59 Å². The van der Waals surface area contributed by atoms with Gasteiger partial charge in [-0.2, -0.15) is 0 Å². The summed E-state index contributed by atoms with van der Waals surface area (Å²) < 4.78 is 10.4. The molecule has 0 aliphatic rings. The molecule has 0 bridgehead atoms. The van der Waals surface area contributed by atoms with Crippen molar-refractivity contribution in [1.82, 2.24) is 0 Å². The van der Waals surface area contributed by atoms with Crippen LogP contribution in [0.4, 0.5) is 0 Å². The predicted molar refractivity (Wildman–Crippen MR) is 79.4 cm³/mol. The Labute approximate surface area is 123 Å². The highest BCUT2D eigenvalue weighted by Gasteiger charge is 2.14. The molecule has 0 aromatic heterocycles. The molecule has 0 saturated heterocycles. The normalized spacial score (nSPS) is 13.6. The summed E-state index contributed by atoms with van der Waals surface area (Å²) in [6, 6.07) is 0. The summed E-state index contributed by atoms with van der Waals surface area (Å²) in [5, 5.41) is 0. The van der Waals surface area contributed by atoms with Crippen LogP contribution in [0.25, 0.3) is 0 Å². The third-order valence-electron chi connectivity index (χ3n) is 3.11. The number of carbonyl (C=O) groups is 2. The lowest BCUT2D eigenvalue weighted by Gasteiger charge is -2.14. The van der Waals surface area contributed by atoms with Gasteiger partial charge in [0, 0.05) is 0 Å². The molecular formula is C16H30O4. The first kappa shape index (κ1) is 18.9. The third kappa shape index (κ3) is 10.8. The number of ether oxygens (including phenoxy) is 2. The summed E-state index contributed by atoms with van der Waals surface area (Å²) in [6.07, 6.45) is 6.17. The second-order valence-electron chi connectivity index (χ2n) is 5.39. The van der Waals surface area contributed by atoms with Crippen molar-refractivity contribution >= 4 is 11.9 Å². The highest BCUT2D eigenvalue weighted by Crippen LogP contribution is 2.09. The third-order valence-corrected chi connectivity index (χ3v) is 3.11. The smallest absolute Gasteiger partial charge is 0.306 e. The zero-order valence-corrected chi connectivity index (χ0v) is 13.4. The first-order chi connectivity index (χ1) is 9.49. The van der Waals surface area contributed by atoms with Crippen LogP contribution in [0.1, 0.15) is 79.1 Å². The maximum absolute atomic E-state index is 11.6. The quantitative estimate of drug-likeness (QED) is 0.425. The molecule has 4 nitrogen and oxygen atoms in total. The van der Waals surface area contributed by atoms with Crippen molar-refractivity contribution in [3.63, 3.8) is 0 Å². The molecule has 0 aromatic rings. The van der Waals surface area contributed by atoms with Gasteiger partial charge in [0.25, 0.3) is 0 Å². The number of hydrogen-bond acceptors (Lipinski definition) is 4. The van der Waals surface area contributed by atoms with E-state index in [1.807, 2.05) is 20.8 Å². The Morgan fingerprint density at radius 2 is 1.30 bits per heavy atom. The largest absolute Gasteiger partial charge is 0.463 e. The standard InChI is InChI=1S/C16H30O4/c1-5-7-8-10-14(4)20-16(18)12-11-15(17)19-13(3)9-6-2/h13-14H,5-12H2,1-4H3. The van der Waals surface area contributed by atoms with Crippen molar-refractivity contribution in [3.05, 3.63) is 0 Å². The first-order valence-corrected chi connectivity index (χ1v) is 7.88. The fraction of sp³-hybridized carbons (Fsp3) is 0.875. The average molecular weight is 286 g/mol. The van der Waals surface area contributed by atoms with E-state index in [0.717, 1.165) is 38.5 Å². The number of carbonyl (C=O) groups excluding carboxylic acids is 2. The van der Waals surface area contributed by atoms with E-state index in [-0.39, 0.29) is 37.0 Å². The van der Waals surface area contributed by atoms with Gasteiger partial charge >= 0.3 is 11.9 Å². The second kappa shape index (κ2) is 11.7. The Balaban J connectivity index is 3.73. The molecule has 2 unspecified atom stereocenters. The fourth-order valence-corrected chi connectivity index (χ4v) is 1.98. The molecule has 0 radical (unpaired) electrons. The van der Waals surface area contributed by atoms with Crippen molar-refractivity contribution in [2.45, 2.75) is 91.3 Å². The van der Waals surface area contributed by atoms with E-state index >= 15 is 0 Å². The monoisotopic (exact) mass is 286 g/mol. The molecule has 0 saturated carbocycles. The van der Waals surface area contributed by atoms with Gasteiger partial charge in [-0.25, -0.2) is 0 Å². The minimum absolute atomic E-state index is 0.0657. The van der Waals surface area contributed by atoms with E-state index < -0.39 is 0 Å². The van der Waals surface area contributed by atoms with E-state index in [1.54, 1.807) is 0 Å². The van der Waals surface area contributed by atoms with Crippen LogP contribution in [0.3, 0.4) is 0 Å². The Bertz CT molecular complexity index is 276. The molecule has 0 aliphatic carbocycles. The lowest BCUT2D eigenvalue weighted by Crippen LogP contribution is -2.18. The molecule has 118 valence electrons. The first-order valence-electron chi connectivity index (χ1n) is 7.88. The molecule has 0 amide bonds. The zero-order chi connectivity index (χ0) is 15.4. The van der Waals surface area contributed by atoms with Crippen LogP contribution in [-0.4, -0.2) is 24.1 Å². The van der Waals surface area contributed by atoms with Gasteiger partial charge in [-0.1, -0.05) is 33.1 Å². The van der Waals surface area contributed by atoms with Crippen molar-refractivity contribution in [3.8, 4) is 0 Å². The SMILES string of the molecule is CCCCCC(C)OC(=O)CCC(=O)OC(C)CCC. The van der Waals surface area contributed by atoms with Crippen molar-refractivity contribution in [1.29, 1.82) is 0 Å². The van der Waals surface area contributed by atoms with Gasteiger partial charge in [0.15, 0.2) is 0 Å². The van der Waals surface area contributed by atoms with Gasteiger partial charge in [-0.15, -0.1) is 0 Å². The van der Waals surface area contributed by atoms with E-state index in [0.29, 0.717) is 0 Å². The maximum Gasteiger partial charge on any atom is 0.306 e. The summed E-state index contributed by atoms with van der Waals surface area (Å²) in [7, 11) is 0. The van der Waals surface area contributed by atoms with Crippen LogP contribution in [0.15, 0.2) is 0 Å². The minimum atomic E-state index is -0.318. The summed E-state index contributed by atoms with van der Waals surface area (Å²) >= 11 is 0. The number of unbranched alkanes of at least 4 members (excludes halogenated alkanes) is 2. The molecule has 0 aromatic carbocycles. The summed E-state index contributed by atoms with van der Waals surface area (Å²) in [4.78, 5) is 23.1. The Morgan fingerprint density at radius 3 is 1.75 bits per heavy atom. The average Bonchev–Trinajstić information content (AvgIpc) is 2.37. The van der Waals surface area contributed by atoms with Crippen molar-refractivity contribution in [2.75, 3.05) is 0 Å².